The van der Waals surface area contributed by atoms with Gasteiger partial charge in [-0.25, -0.2) is 4.39 Å². The van der Waals surface area contributed by atoms with Crippen LogP contribution in [-0.2, 0) is 5.75 Å². The van der Waals surface area contributed by atoms with E-state index >= 15 is 0 Å². The summed E-state index contributed by atoms with van der Waals surface area (Å²) in [6.45, 7) is 3.37. The molecule has 0 spiro atoms. The average molecular weight is 364 g/mol. The first-order chi connectivity index (χ1) is 11.5. The SMILES string of the molecule is Cc1noc(C)c1C(=O)Nc1nnc(SCc2ccccc2F)s1. The van der Waals surface area contributed by atoms with Gasteiger partial charge in [-0.3, -0.25) is 10.1 Å². The van der Waals surface area contributed by atoms with Crippen LogP contribution in [0.3, 0.4) is 0 Å². The lowest BCUT2D eigenvalue weighted by Gasteiger charge is -2.00. The van der Waals surface area contributed by atoms with Crippen molar-refractivity contribution in [3.8, 4) is 0 Å². The number of amides is 1. The molecular formula is C15H13FN4O2S2. The summed E-state index contributed by atoms with van der Waals surface area (Å²) in [5, 5.41) is 14.7. The third kappa shape index (κ3) is 3.62. The highest BCUT2D eigenvalue weighted by atomic mass is 32.2. The fraction of sp³-hybridized carbons (Fsp3) is 0.200. The molecular weight excluding hydrogens is 351 g/mol. The van der Waals surface area contributed by atoms with Crippen molar-refractivity contribution in [1.29, 1.82) is 0 Å². The molecule has 0 radical (unpaired) electrons. The number of aryl methyl sites for hydroxylation is 2. The van der Waals surface area contributed by atoms with E-state index in [9.17, 15) is 9.18 Å². The van der Waals surface area contributed by atoms with Gasteiger partial charge in [-0.15, -0.1) is 10.2 Å². The van der Waals surface area contributed by atoms with Gasteiger partial charge >= 0.3 is 0 Å². The summed E-state index contributed by atoms with van der Waals surface area (Å²) in [6.07, 6.45) is 0. The summed E-state index contributed by atoms with van der Waals surface area (Å²) >= 11 is 2.59. The van der Waals surface area contributed by atoms with Gasteiger partial charge in [0.25, 0.3) is 5.91 Å². The lowest BCUT2D eigenvalue weighted by molar-refractivity contribution is 0.102. The van der Waals surface area contributed by atoms with Gasteiger partial charge in [0, 0.05) is 5.75 Å². The Balaban J connectivity index is 1.64. The Morgan fingerprint density at radius 2 is 2.12 bits per heavy atom. The van der Waals surface area contributed by atoms with Crippen LogP contribution in [0.2, 0.25) is 0 Å². The first-order valence-electron chi connectivity index (χ1n) is 6.98. The number of hydrogen-bond acceptors (Lipinski definition) is 7. The van der Waals surface area contributed by atoms with Crippen molar-refractivity contribution >= 4 is 34.1 Å². The number of anilines is 1. The van der Waals surface area contributed by atoms with Gasteiger partial charge < -0.3 is 4.52 Å². The van der Waals surface area contributed by atoms with Crippen LogP contribution in [0.1, 0.15) is 27.4 Å². The fourth-order valence-electron chi connectivity index (χ4n) is 2.04. The lowest BCUT2D eigenvalue weighted by Crippen LogP contribution is -2.13. The summed E-state index contributed by atoms with van der Waals surface area (Å²) in [7, 11) is 0. The molecule has 0 saturated carbocycles. The Bertz CT molecular complexity index is 858. The molecule has 0 atom stereocenters. The second kappa shape index (κ2) is 7.10. The highest BCUT2D eigenvalue weighted by Gasteiger charge is 2.19. The van der Waals surface area contributed by atoms with E-state index in [2.05, 4.69) is 20.7 Å². The molecule has 3 rings (SSSR count). The van der Waals surface area contributed by atoms with E-state index in [0.717, 1.165) is 0 Å². The van der Waals surface area contributed by atoms with Gasteiger partial charge in [-0.1, -0.05) is 46.5 Å². The maximum absolute atomic E-state index is 13.6. The number of nitrogens with zero attached hydrogens (tertiary/aromatic N) is 3. The van der Waals surface area contributed by atoms with Gasteiger partial charge in [0.05, 0.1) is 5.69 Å². The minimum Gasteiger partial charge on any atom is -0.361 e. The molecule has 2 heterocycles. The van der Waals surface area contributed by atoms with Gasteiger partial charge in [0.2, 0.25) is 5.13 Å². The molecule has 2 aromatic heterocycles. The van der Waals surface area contributed by atoms with Crippen LogP contribution in [0.4, 0.5) is 9.52 Å². The number of carbonyl (C=O) groups is 1. The van der Waals surface area contributed by atoms with Crippen LogP contribution < -0.4 is 5.32 Å². The Morgan fingerprint density at radius 1 is 1.33 bits per heavy atom. The third-order valence-electron chi connectivity index (χ3n) is 3.20. The third-order valence-corrected chi connectivity index (χ3v) is 5.22. The Labute approximate surface area is 145 Å². The van der Waals surface area contributed by atoms with Crippen LogP contribution in [0, 0.1) is 19.7 Å². The van der Waals surface area contributed by atoms with Gasteiger partial charge in [0.15, 0.2) is 4.34 Å². The van der Waals surface area contributed by atoms with Crippen LogP contribution in [0.15, 0.2) is 33.1 Å². The maximum Gasteiger partial charge on any atom is 0.263 e. The highest BCUT2D eigenvalue weighted by Crippen LogP contribution is 2.29. The average Bonchev–Trinajstić information content (AvgIpc) is 3.13. The smallest absolute Gasteiger partial charge is 0.263 e. The van der Waals surface area contributed by atoms with Crippen molar-refractivity contribution in [2.45, 2.75) is 23.9 Å². The van der Waals surface area contributed by atoms with Crippen molar-refractivity contribution in [1.82, 2.24) is 15.4 Å². The Kier molecular flexibility index (Phi) is 4.91. The second-order valence-corrected chi connectivity index (χ2v) is 7.11. The minimum atomic E-state index is -0.340. The summed E-state index contributed by atoms with van der Waals surface area (Å²) in [5.74, 6) is 0.303. The summed E-state index contributed by atoms with van der Waals surface area (Å²) in [5.41, 5.74) is 1.51. The molecule has 1 aromatic carbocycles. The Hall–Kier alpha value is -2.26. The molecule has 0 unspecified atom stereocenters. The molecule has 0 saturated heterocycles. The zero-order valence-corrected chi connectivity index (χ0v) is 14.5. The normalized spacial score (nSPS) is 10.8. The van der Waals surface area contributed by atoms with E-state index in [-0.39, 0.29) is 11.7 Å². The molecule has 0 fully saturated rings. The van der Waals surface area contributed by atoms with E-state index in [4.69, 9.17) is 4.52 Å². The zero-order chi connectivity index (χ0) is 17.1. The molecule has 6 nitrogen and oxygen atoms in total. The van der Waals surface area contributed by atoms with Gasteiger partial charge in [-0.05, 0) is 25.5 Å². The number of benzene rings is 1. The maximum atomic E-state index is 13.6. The second-order valence-electron chi connectivity index (χ2n) is 4.91. The molecule has 1 amide bonds. The number of thioether (sulfide) groups is 1. The number of nitrogens with one attached hydrogen (secondary N) is 1. The van der Waals surface area contributed by atoms with Crippen LogP contribution in [0.25, 0.3) is 0 Å². The standard InChI is InChI=1S/C15H13FN4O2S2/c1-8-12(9(2)22-20-8)13(21)17-14-18-19-15(24-14)23-7-10-5-3-4-6-11(10)16/h3-6H,7H2,1-2H3,(H,17,18,21). The lowest BCUT2D eigenvalue weighted by atomic mass is 10.2. The topological polar surface area (TPSA) is 80.9 Å². The monoisotopic (exact) mass is 364 g/mol. The van der Waals surface area contributed by atoms with Crippen molar-refractivity contribution in [3.05, 3.63) is 52.7 Å². The number of carbonyl (C=O) groups excluding carboxylic acids is 1. The largest absolute Gasteiger partial charge is 0.361 e. The van der Waals surface area contributed by atoms with E-state index in [1.807, 2.05) is 0 Å². The molecule has 0 aliphatic carbocycles. The molecule has 9 heteroatoms. The van der Waals surface area contributed by atoms with Gasteiger partial charge in [-0.2, -0.15) is 0 Å². The quantitative estimate of drug-likeness (QED) is 0.547. The molecule has 1 N–H and O–H groups in total. The van der Waals surface area contributed by atoms with Crippen molar-refractivity contribution < 1.29 is 13.7 Å². The fourth-order valence-corrected chi connectivity index (χ4v) is 3.77. The predicted octanol–water partition coefficient (Wildman–Crippen LogP) is 3.83. The number of halogens is 1. The first kappa shape index (κ1) is 16.6. The van der Waals surface area contributed by atoms with E-state index < -0.39 is 0 Å². The van der Waals surface area contributed by atoms with Crippen LogP contribution in [-0.4, -0.2) is 21.3 Å². The molecule has 3 aromatic rings. The van der Waals surface area contributed by atoms with Crippen molar-refractivity contribution in [3.63, 3.8) is 0 Å². The molecule has 0 aliphatic rings. The minimum absolute atomic E-state index is 0.249. The highest BCUT2D eigenvalue weighted by molar-refractivity contribution is 8.00. The molecule has 24 heavy (non-hydrogen) atoms. The van der Waals surface area contributed by atoms with Crippen molar-refractivity contribution in [2.24, 2.45) is 0 Å². The molecule has 0 aliphatic heterocycles. The van der Waals surface area contributed by atoms with E-state index in [1.54, 1.807) is 32.0 Å². The van der Waals surface area contributed by atoms with Crippen molar-refractivity contribution in [2.75, 3.05) is 5.32 Å². The van der Waals surface area contributed by atoms with Crippen LogP contribution in [0.5, 0.6) is 0 Å². The van der Waals surface area contributed by atoms with Crippen LogP contribution >= 0.6 is 23.1 Å². The Morgan fingerprint density at radius 3 is 2.83 bits per heavy atom. The van der Waals surface area contributed by atoms with Gasteiger partial charge in [0.1, 0.15) is 17.1 Å². The zero-order valence-electron chi connectivity index (χ0n) is 12.9. The molecule has 124 valence electrons. The van der Waals surface area contributed by atoms with E-state index in [1.165, 1.54) is 29.2 Å². The summed E-state index contributed by atoms with van der Waals surface area (Å²) < 4.78 is 19.2. The predicted molar refractivity (Wildman–Crippen MR) is 89.8 cm³/mol. The molecule has 0 bridgehead atoms. The first-order valence-corrected chi connectivity index (χ1v) is 8.78. The number of hydrogen-bond donors (Lipinski definition) is 1. The number of rotatable bonds is 5. The van der Waals surface area contributed by atoms with E-state index in [0.29, 0.717) is 37.8 Å². The number of aromatic nitrogens is 3. The summed E-state index contributed by atoms with van der Waals surface area (Å²) in [4.78, 5) is 12.2. The summed E-state index contributed by atoms with van der Waals surface area (Å²) in [6, 6.07) is 6.58.